The highest BCUT2D eigenvalue weighted by Crippen LogP contribution is 2.31. The van der Waals surface area contributed by atoms with Crippen LogP contribution in [-0.4, -0.2) is 16.8 Å². The Morgan fingerprint density at radius 2 is 1.90 bits per heavy atom. The second-order valence-electron chi connectivity index (χ2n) is 8.80. The van der Waals surface area contributed by atoms with E-state index in [1.165, 1.54) is 0 Å². The van der Waals surface area contributed by atoms with Crippen molar-refractivity contribution in [2.24, 2.45) is 0 Å². The van der Waals surface area contributed by atoms with Gasteiger partial charge in [-0.1, -0.05) is 23.8 Å². The molecule has 1 unspecified atom stereocenters. The molecule has 0 saturated carbocycles. The Bertz CT molecular complexity index is 1210. The number of amides is 2. The van der Waals surface area contributed by atoms with Crippen LogP contribution in [-0.2, 0) is 24.1 Å². The number of hydrogen-bond acceptors (Lipinski definition) is 3. The van der Waals surface area contributed by atoms with E-state index in [0.717, 1.165) is 82.2 Å². The van der Waals surface area contributed by atoms with Crippen LogP contribution in [0.5, 0.6) is 0 Å². The van der Waals surface area contributed by atoms with Gasteiger partial charge in [-0.2, -0.15) is 0 Å². The van der Waals surface area contributed by atoms with Crippen LogP contribution >= 0.6 is 0 Å². The molecule has 31 heavy (non-hydrogen) atoms. The van der Waals surface area contributed by atoms with Crippen molar-refractivity contribution in [3.63, 3.8) is 0 Å². The van der Waals surface area contributed by atoms with Gasteiger partial charge >= 0.3 is 0 Å². The van der Waals surface area contributed by atoms with E-state index >= 15 is 0 Å². The average Bonchev–Trinajstić information content (AvgIpc) is 2.77. The predicted molar refractivity (Wildman–Crippen MR) is 122 cm³/mol. The second-order valence-corrected chi connectivity index (χ2v) is 8.80. The van der Waals surface area contributed by atoms with Gasteiger partial charge in [0, 0.05) is 23.2 Å². The van der Waals surface area contributed by atoms with Crippen molar-refractivity contribution in [2.45, 2.75) is 58.4 Å². The molecule has 3 aromatic rings. The number of benzene rings is 2. The van der Waals surface area contributed by atoms with E-state index in [1.807, 2.05) is 25.1 Å². The quantitative estimate of drug-likeness (QED) is 0.648. The number of rotatable bonds is 3. The fourth-order valence-corrected chi connectivity index (χ4v) is 4.82. The van der Waals surface area contributed by atoms with E-state index in [4.69, 9.17) is 4.98 Å². The number of aromatic nitrogens is 1. The van der Waals surface area contributed by atoms with Crippen LogP contribution in [0.2, 0.25) is 0 Å². The third-order valence-corrected chi connectivity index (χ3v) is 6.52. The van der Waals surface area contributed by atoms with Gasteiger partial charge in [-0.15, -0.1) is 0 Å². The second kappa shape index (κ2) is 7.80. The molecule has 1 aliphatic carbocycles. The van der Waals surface area contributed by atoms with E-state index < -0.39 is 0 Å². The molecule has 2 aromatic carbocycles. The van der Waals surface area contributed by atoms with E-state index in [9.17, 15) is 9.59 Å². The number of carbonyl (C=O) groups excluding carboxylic acids is 2. The highest BCUT2D eigenvalue weighted by atomic mass is 16.2. The first-order chi connectivity index (χ1) is 15.0. The van der Waals surface area contributed by atoms with Crippen molar-refractivity contribution in [1.82, 2.24) is 10.3 Å². The number of nitrogens with zero attached hydrogens (tertiary/aromatic N) is 1. The number of pyridine rings is 1. The minimum Gasteiger partial charge on any atom is -0.345 e. The predicted octanol–water partition coefficient (Wildman–Crippen LogP) is 4.80. The van der Waals surface area contributed by atoms with E-state index in [-0.39, 0.29) is 17.9 Å². The molecule has 0 spiro atoms. The van der Waals surface area contributed by atoms with Gasteiger partial charge in [0.15, 0.2) is 0 Å². The van der Waals surface area contributed by atoms with Crippen LogP contribution in [0.1, 0.15) is 70.5 Å². The normalized spacial score (nSPS) is 16.3. The molecule has 2 amide bonds. The lowest BCUT2D eigenvalue weighted by molar-refractivity contribution is -0.116. The minimum atomic E-state index is -0.136. The number of anilines is 1. The third-order valence-electron chi connectivity index (χ3n) is 6.52. The minimum absolute atomic E-state index is 0.0327. The zero-order valence-electron chi connectivity index (χ0n) is 18.0. The van der Waals surface area contributed by atoms with Crippen LogP contribution in [0.15, 0.2) is 36.4 Å². The first-order valence-electron chi connectivity index (χ1n) is 11.2. The van der Waals surface area contributed by atoms with Gasteiger partial charge in [0.05, 0.1) is 17.1 Å². The summed E-state index contributed by atoms with van der Waals surface area (Å²) in [6, 6.07) is 12.1. The average molecular weight is 414 g/mol. The molecule has 158 valence electrons. The largest absolute Gasteiger partial charge is 0.345 e. The molecule has 5 heteroatoms. The molecule has 2 aliphatic rings. The van der Waals surface area contributed by atoms with Gasteiger partial charge in [0.25, 0.3) is 5.91 Å². The standard InChI is InChI=1S/C26H27N3O2/c1-15-7-10-23-20(13-15)25(19-5-3-4-6-22(19)28-23)26(31)27-16(2)17-8-11-21-18(14-17)9-12-24(30)29-21/h7-8,10-11,13-14,16H,3-6,9,12H2,1-2H3,(H,27,31)(H,29,30). The fourth-order valence-electron chi connectivity index (χ4n) is 4.82. The van der Waals surface area contributed by atoms with Gasteiger partial charge in [0.1, 0.15) is 0 Å². The van der Waals surface area contributed by atoms with Crippen molar-refractivity contribution in [3.05, 3.63) is 69.9 Å². The lowest BCUT2D eigenvalue weighted by atomic mass is 9.89. The van der Waals surface area contributed by atoms with E-state index in [1.54, 1.807) is 0 Å². The summed E-state index contributed by atoms with van der Waals surface area (Å²) in [5.74, 6) is 0.0286. The molecule has 1 aliphatic heterocycles. The first kappa shape index (κ1) is 19.7. The molecule has 5 nitrogen and oxygen atoms in total. The molecule has 0 radical (unpaired) electrons. The van der Waals surface area contributed by atoms with Crippen LogP contribution in [0.25, 0.3) is 10.9 Å². The Hall–Kier alpha value is -3.21. The topological polar surface area (TPSA) is 71.1 Å². The van der Waals surface area contributed by atoms with Gasteiger partial charge in [-0.3, -0.25) is 14.6 Å². The number of aryl methyl sites for hydroxylation is 3. The van der Waals surface area contributed by atoms with Crippen LogP contribution in [0.4, 0.5) is 5.69 Å². The molecule has 2 N–H and O–H groups in total. The first-order valence-corrected chi connectivity index (χ1v) is 11.2. The molecule has 5 rings (SSSR count). The summed E-state index contributed by atoms with van der Waals surface area (Å²) in [5.41, 5.74) is 8.06. The number of nitrogens with one attached hydrogen (secondary N) is 2. The zero-order valence-corrected chi connectivity index (χ0v) is 18.0. The van der Waals surface area contributed by atoms with Gasteiger partial charge < -0.3 is 10.6 Å². The SMILES string of the molecule is Cc1ccc2nc3c(c(C(=O)NC(C)c4ccc5c(c4)CCC(=O)N5)c2c1)CCCC3. The molecular formula is C26H27N3O2. The Labute approximate surface area is 182 Å². The lowest BCUT2D eigenvalue weighted by Crippen LogP contribution is -2.29. The number of carbonyl (C=O) groups is 2. The van der Waals surface area contributed by atoms with Crippen molar-refractivity contribution < 1.29 is 9.59 Å². The lowest BCUT2D eigenvalue weighted by Gasteiger charge is -2.23. The summed E-state index contributed by atoms with van der Waals surface area (Å²) in [5, 5.41) is 7.10. The van der Waals surface area contributed by atoms with E-state index in [2.05, 4.69) is 35.8 Å². The van der Waals surface area contributed by atoms with Crippen LogP contribution in [0.3, 0.4) is 0 Å². The Morgan fingerprint density at radius 1 is 1.06 bits per heavy atom. The van der Waals surface area contributed by atoms with Crippen molar-refractivity contribution >= 4 is 28.4 Å². The van der Waals surface area contributed by atoms with Gasteiger partial charge in [-0.25, -0.2) is 0 Å². The van der Waals surface area contributed by atoms with Crippen LogP contribution < -0.4 is 10.6 Å². The molecule has 1 atom stereocenters. The summed E-state index contributed by atoms with van der Waals surface area (Å²) in [6.07, 6.45) is 5.30. The summed E-state index contributed by atoms with van der Waals surface area (Å²) in [7, 11) is 0. The Morgan fingerprint density at radius 3 is 2.77 bits per heavy atom. The van der Waals surface area contributed by atoms with Gasteiger partial charge in [0.2, 0.25) is 5.91 Å². The van der Waals surface area contributed by atoms with Crippen molar-refractivity contribution in [1.29, 1.82) is 0 Å². The maximum atomic E-state index is 13.6. The molecule has 0 bridgehead atoms. The van der Waals surface area contributed by atoms with Crippen LogP contribution in [0, 0.1) is 6.92 Å². The summed E-state index contributed by atoms with van der Waals surface area (Å²) in [4.78, 5) is 30.1. The monoisotopic (exact) mass is 413 g/mol. The van der Waals surface area contributed by atoms with Gasteiger partial charge in [-0.05, 0) is 80.8 Å². The maximum absolute atomic E-state index is 13.6. The summed E-state index contributed by atoms with van der Waals surface area (Å²) < 4.78 is 0. The summed E-state index contributed by atoms with van der Waals surface area (Å²) >= 11 is 0. The smallest absolute Gasteiger partial charge is 0.252 e. The molecule has 1 aromatic heterocycles. The molecule has 0 fully saturated rings. The molecule has 0 saturated heterocycles. The zero-order chi connectivity index (χ0) is 21.5. The van der Waals surface area contributed by atoms with Crippen molar-refractivity contribution in [3.8, 4) is 0 Å². The summed E-state index contributed by atoms with van der Waals surface area (Å²) in [6.45, 7) is 4.07. The molecular weight excluding hydrogens is 386 g/mol. The fraction of sp³-hybridized carbons (Fsp3) is 0.346. The highest BCUT2D eigenvalue weighted by molar-refractivity contribution is 6.08. The Kier molecular flexibility index (Phi) is 4.97. The maximum Gasteiger partial charge on any atom is 0.252 e. The molecule has 2 heterocycles. The van der Waals surface area contributed by atoms with E-state index in [0.29, 0.717) is 6.42 Å². The third kappa shape index (κ3) is 3.69. The number of fused-ring (bicyclic) bond motifs is 3. The number of hydrogen-bond donors (Lipinski definition) is 2. The Balaban J connectivity index is 1.49. The highest BCUT2D eigenvalue weighted by Gasteiger charge is 2.24. The van der Waals surface area contributed by atoms with Crippen molar-refractivity contribution in [2.75, 3.05) is 5.32 Å².